The van der Waals surface area contributed by atoms with Gasteiger partial charge in [-0.15, -0.1) is 0 Å². The van der Waals surface area contributed by atoms with E-state index in [1.165, 1.54) is 5.56 Å². The van der Waals surface area contributed by atoms with Crippen molar-refractivity contribution in [3.63, 3.8) is 0 Å². The first kappa shape index (κ1) is 13.5. The van der Waals surface area contributed by atoms with E-state index in [4.69, 9.17) is 0 Å². The molecule has 0 bridgehead atoms. The number of hydrogen-bond donors (Lipinski definition) is 1. The number of carbonyl (C=O) groups is 1. The van der Waals surface area contributed by atoms with Crippen LogP contribution in [0, 0.1) is 0 Å². The van der Waals surface area contributed by atoms with Crippen molar-refractivity contribution in [2.45, 2.75) is 32.2 Å². The second-order valence-corrected chi connectivity index (χ2v) is 5.50. The van der Waals surface area contributed by atoms with Crippen molar-refractivity contribution < 1.29 is 4.79 Å². The first-order chi connectivity index (χ1) is 9.08. The van der Waals surface area contributed by atoms with Crippen molar-refractivity contribution in [3.05, 3.63) is 65.7 Å². The van der Waals surface area contributed by atoms with E-state index in [2.05, 4.69) is 31.3 Å². The second kappa shape index (κ2) is 5.79. The Bertz CT molecular complexity index is 511. The quantitative estimate of drug-likeness (QED) is 0.814. The van der Waals surface area contributed by atoms with E-state index in [1.54, 1.807) is 0 Å². The monoisotopic (exact) mass is 254 g/mol. The van der Waals surface area contributed by atoms with Gasteiger partial charge in [0, 0.05) is 13.0 Å². The fourth-order valence-corrected chi connectivity index (χ4v) is 2.19. The highest BCUT2D eigenvalue weighted by Crippen LogP contribution is 2.27. The van der Waals surface area contributed by atoms with Crippen LogP contribution in [0.2, 0.25) is 0 Å². The Balaban J connectivity index is 1.88. The van der Waals surface area contributed by atoms with E-state index < -0.39 is 0 Å². The molecule has 100 valence electrons. The van der Waals surface area contributed by atoms with Crippen LogP contribution in [-0.2, 0) is 16.8 Å². The van der Waals surface area contributed by atoms with E-state index in [0.29, 0.717) is 13.0 Å². The molecule has 0 aliphatic carbocycles. The molecule has 0 fully saturated rings. The van der Waals surface area contributed by atoms with Crippen molar-refractivity contribution in [1.29, 1.82) is 0 Å². The number of nitrogens with one attached hydrogen (secondary N) is 1. The molecule has 1 amide bonds. The fraction of sp³-hybridized carbons (Fsp3) is 0.294. The standard InChI is InChI=1S/C17H20NO/c1-17(2,15-10-6-7-11-15)12-16(19)18-13-14-8-4-3-5-9-14/h3-11H,12-13H2,1-2H3,(H,18,19)/q-1. The van der Waals surface area contributed by atoms with Crippen LogP contribution in [0.15, 0.2) is 54.6 Å². The first-order valence-corrected chi connectivity index (χ1v) is 6.61. The summed E-state index contributed by atoms with van der Waals surface area (Å²) in [5.74, 6) is 0.0926. The van der Waals surface area contributed by atoms with Crippen molar-refractivity contribution in [2.24, 2.45) is 0 Å². The smallest absolute Gasteiger partial charge is 0.220 e. The highest BCUT2D eigenvalue weighted by atomic mass is 16.1. The number of benzene rings is 1. The van der Waals surface area contributed by atoms with E-state index in [-0.39, 0.29) is 11.3 Å². The molecule has 0 atom stereocenters. The number of hydrogen-bond acceptors (Lipinski definition) is 1. The molecule has 0 unspecified atom stereocenters. The minimum absolute atomic E-state index is 0.0926. The molecule has 0 aromatic heterocycles. The molecule has 0 heterocycles. The lowest BCUT2D eigenvalue weighted by atomic mass is 9.82. The zero-order valence-electron chi connectivity index (χ0n) is 11.5. The average Bonchev–Trinajstić information content (AvgIpc) is 2.92. The highest BCUT2D eigenvalue weighted by molar-refractivity contribution is 5.77. The summed E-state index contributed by atoms with van der Waals surface area (Å²) in [5, 5.41) is 2.98. The summed E-state index contributed by atoms with van der Waals surface area (Å²) in [6.07, 6.45) is 0.504. The van der Waals surface area contributed by atoms with Crippen LogP contribution >= 0.6 is 0 Å². The zero-order valence-corrected chi connectivity index (χ0v) is 11.5. The summed E-state index contributed by atoms with van der Waals surface area (Å²) in [6, 6.07) is 18.1. The number of amides is 1. The van der Waals surface area contributed by atoms with Crippen LogP contribution in [0.3, 0.4) is 0 Å². The molecule has 2 nitrogen and oxygen atoms in total. The van der Waals surface area contributed by atoms with Crippen LogP contribution in [0.25, 0.3) is 0 Å². The average molecular weight is 254 g/mol. The van der Waals surface area contributed by atoms with Gasteiger partial charge in [-0.05, 0) is 5.56 Å². The maximum Gasteiger partial charge on any atom is 0.220 e. The Kier molecular flexibility index (Phi) is 4.10. The van der Waals surface area contributed by atoms with E-state index in [9.17, 15) is 4.79 Å². The molecule has 1 N–H and O–H groups in total. The maximum absolute atomic E-state index is 12.0. The fourth-order valence-electron chi connectivity index (χ4n) is 2.19. The molecule has 2 heteroatoms. The van der Waals surface area contributed by atoms with Crippen LogP contribution in [0.5, 0.6) is 0 Å². The van der Waals surface area contributed by atoms with Gasteiger partial charge in [-0.2, -0.15) is 23.8 Å². The van der Waals surface area contributed by atoms with Gasteiger partial charge in [0.05, 0.1) is 0 Å². The van der Waals surface area contributed by atoms with Gasteiger partial charge in [-0.25, -0.2) is 6.07 Å². The Labute approximate surface area is 114 Å². The highest BCUT2D eigenvalue weighted by Gasteiger charge is 2.19. The van der Waals surface area contributed by atoms with Gasteiger partial charge in [0.2, 0.25) is 5.91 Å². The van der Waals surface area contributed by atoms with Crippen molar-refractivity contribution in [1.82, 2.24) is 5.32 Å². The zero-order chi connectivity index (χ0) is 13.7. The summed E-state index contributed by atoms with van der Waals surface area (Å²) in [7, 11) is 0. The Hall–Kier alpha value is -1.96. The summed E-state index contributed by atoms with van der Waals surface area (Å²) in [6.45, 7) is 4.80. The molecule has 0 radical (unpaired) electrons. The molecule has 0 saturated heterocycles. The van der Waals surface area contributed by atoms with Crippen molar-refractivity contribution in [3.8, 4) is 0 Å². The van der Waals surface area contributed by atoms with Crippen LogP contribution in [0.1, 0.15) is 31.4 Å². The number of rotatable bonds is 5. The third kappa shape index (κ3) is 3.75. The third-order valence-electron chi connectivity index (χ3n) is 3.38. The molecule has 0 spiro atoms. The molecular weight excluding hydrogens is 234 g/mol. The normalized spacial score (nSPS) is 11.3. The molecule has 2 aromatic rings. The summed E-state index contributed by atoms with van der Waals surface area (Å²) in [5.41, 5.74) is 2.22. The molecule has 0 aliphatic heterocycles. The molecule has 19 heavy (non-hydrogen) atoms. The lowest BCUT2D eigenvalue weighted by Gasteiger charge is -2.29. The van der Waals surface area contributed by atoms with Gasteiger partial charge >= 0.3 is 0 Å². The molecule has 2 aromatic carbocycles. The van der Waals surface area contributed by atoms with E-state index in [1.807, 2.05) is 42.5 Å². The molecule has 2 rings (SSSR count). The van der Waals surface area contributed by atoms with Gasteiger partial charge < -0.3 is 5.32 Å². The number of carbonyl (C=O) groups excluding carboxylic acids is 1. The third-order valence-corrected chi connectivity index (χ3v) is 3.38. The van der Waals surface area contributed by atoms with E-state index in [0.717, 1.165) is 5.56 Å². The lowest BCUT2D eigenvalue weighted by molar-refractivity contribution is -0.122. The van der Waals surface area contributed by atoms with Gasteiger partial charge in [-0.3, -0.25) is 4.79 Å². The topological polar surface area (TPSA) is 29.1 Å². The van der Waals surface area contributed by atoms with Crippen LogP contribution < -0.4 is 5.32 Å². The Morgan fingerprint density at radius 1 is 1.21 bits per heavy atom. The molecule has 0 aliphatic rings. The largest absolute Gasteiger partial charge is 0.352 e. The minimum Gasteiger partial charge on any atom is -0.352 e. The van der Waals surface area contributed by atoms with Gasteiger partial charge in [0.1, 0.15) is 0 Å². The van der Waals surface area contributed by atoms with Gasteiger partial charge in [-0.1, -0.05) is 49.6 Å². The Morgan fingerprint density at radius 3 is 2.58 bits per heavy atom. The first-order valence-electron chi connectivity index (χ1n) is 6.61. The Morgan fingerprint density at radius 2 is 1.95 bits per heavy atom. The minimum atomic E-state index is -0.121. The molecule has 0 saturated carbocycles. The lowest BCUT2D eigenvalue weighted by Crippen LogP contribution is -2.30. The van der Waals surface area contributed by atoms with Crippen LogP contribution in [0.4, 0.5) is 0 Å². The van der Waals surface area contributed by atoms with Gasteiger partial charge in [0.25, 0.3) is 0 Å². The second-order valence-electron chi connectivity index (χ2n) is 5.50. The summed E-state index contributed by atoms with van der Waals surface area (Å²) in [4.78, 5) is 12.0. The van der Waals surface area contributed by atoms with Crippen LogP contribution in [-0.4, -0.2) is 5.91 Å². The SMILES string of the molecule is CC(C)(CC(=O)NCc1ccccc1)c1cc[cH-]c1. The summed E-state index contributed by atoms with van der Waals surface area (Å²) >= 11 is 0. The van der Waals surface area contributed by atoms with Gasteiger partial charge in [0.15, 0.2) is 0 Å². The van der Waals surface area contributed by atoms with Crippen molar-refractivity contribution >= 4 is 5.91 Å². The summed E-state index contributed by atoms with van der Waals surface area (Å²) < 4.78 is 0. The predicted octanol–water partition coefficient (Wildman–Crippen LogP) is 3.39. The predicted molar refractivity (Wildman–Crippen MR) is 78.0 cm³/mol. The maximum atomic E-state index is 12.0. The van der Waals surface area contributed by atoms with E-state index >= 15 is 0 Å². The molecular formula is C17H20NO-. The van der Waals surface area contributed by atoms with Crippen molar-refractivity contribution in [2.75, 3.05) is 0 Å².